The van der Waals surface area contributed by atoms with Gasteiger partial charge in [0.05, 0.1) is 4.88 Å². The Labute approximate surface area is 112 Å². The highest BCUT2D eigenvalue weighted by Crippen LogP contribution is 2.22. The van der Waals surface area contributed by atoms with E-state index in [-0.39, 0.29) is 0 Å². The summed E-state index contributed by atoms with van der Waals surface area (Å²) in [5, 5.41) is 13.7. The van der Waals surface area contributed by atoms with Gasteiger partial charge in [-0.1, -0.05) is 6.07 Å². The number of thiophene rings is 1. The van der Waals surface area contributed by atoms with Crippen LogP contribution in [0.15, 0.2) is 29.6 Å². The van der Waals surface area contributed by atoms with Gasteiger partial charge in [0, 0.05) is 13.6 Å². The average Bonchev–Trinajstić information content (AvgIpc) is 2.93. The van der Waals surface area contributed by atoms with Crippen LogP contribution in [-0.4, -0.2) is 37.4 Å². The monoisotopic (exact) mass is 262 g/mol. The Balaban J connectivity index is 1.99. The number of nitrogens with one attached hydrogen (secondary N) is 1. The van der Waals surface area contributed by atoms with Gasteiger partial charge in [-0.2, -0.15) is 0 Å². The second-order valence-corrected chi connectivity index (χ2v) is 5.08. The molecule has 0 unspecified atom stereocenters. The molecule has 0 aliphatic rings. The maximum absolute atomic E-state index is 4.28. The molecule has 2 aromatic heterocycles. The van der Waals surface area contributed by atoms with Crippen molar-refractivity contribution in [3.63, 3.8) is 0 Å². The van der Waals surface area contributed by atoms with Crippen LogP contribution in [0.3, 0.4) is 0 Å². The quantitative estimate of drug-likeness (QED) is 0.811. The minimum atomic E-state index is 0.923. The first kappa shape index (κ1) is 13.0. The van der Waals surface area contributed by atoms with E-state index in [4.69, 9.17) is 0 Å². The molecule has 2 heterocycles. The van der Waals surface area contributed by atoms with Gasteiger partial charge in [-0.15, -0.1) is 21.5 Å². The number of nitrogens with zero attached hydrogens (tertiary/aromatic N) is 3. The molecule has 5 heteroatoms. The van der Waals surface area contributed by atoms with E-state index in [1.807, 2.05) is 32.3 Å². The molecule has 0 spiro atoms. The highest BCUT2D eigenvalue weighted by molar-refractivity contribution is 7.13. The van der Waals surface area contributed by atoms with Crippen LogP contribution in [0, 0.1) is 0 Å². The molecule has 2 rings (SSSR count). The summed E-state index contributed by atoms with van der Waals surface area (Å²) < 4.78 is 0. The minimum absolute atomic E-state index is 0.923. The first-order valence-electron chi connectivity index (χ1n) is 6.04. The summed E-state index contributed by atoms with van der Waals surface area (Å²) in [5.74, 6) is 0.923. The Morgan fingerprint density at radius 3 is 2.78 bits per heavy atom. The summed E-state index contributed by atoms with van der Waals surface area (Å²) in [6.07, 6.45) is 1.10. The number of hydrogen-bond donors (Lipinski definition) is 1. The molecular weight excluding hydrogens is 244 g/mol. The lowest BCUT2D eigenvalue weighted by molar-refractivity contribution is 0.706. The lowest BCUT2D eigenvalue weighted by Crippen LogP contribution is -2.23. The third kappa shape index (κ3) is 3.27. The van der Waals surface area contributed by atoms with E-state index in [2.05, 4.69) is 31.9 Å². The summed E-state index contributed by atoms with van der Waals surface area (Å²) in [6, 6.07) is 8.15. The van der Waals surface area contributed by atoms with Crippen molar-refractivity contribution in [3.05, 3.63) is 29.6 Å². The summed E-state index contributed by atoms with van der Waals surface area (Å²) >= 11 is 1.68. The Kier molecular flexibility index (Phi) is 4.66. The van der Waals surface area contributed by atoms with E-state index < -0.39 is 0 Å². The van der Waals surface area contributed by atoms with Crippen LogP contribution in [0.4, 0.5) is 5.82 Å². The lowest BCUT2D eigenvalue weighted by atomic mass is 10.3. The predicted octanol–water partition coefficient (Wildman–Crippen LogP) is 2.25. The molecule has 0 fully saturated rings. The summed E-state index contributed by atoms with van der Waals surface area (Å²) in [4.78, 5) is 3.29. The van der Waals surface area contributed by atoms with Gasteiger partial charge in [-0.25, -0.2) is 0 Å². The zero-order chi connectivity index (χ0) is 12.8. The van der Waals surface area contributed by atoms with E-state index in [9.17, 15) is 0 Å². The molecule has 0 atom stereocenters. The molecule has 0 radical (unpaired) electrons. The first-order chi connectivity index (χ1) is 8.81. The topological polar surface area (TPSA) is 41.0 Å². The van der Waals surface area contributed by atoms with Crippen molar-refractivity contribution in [2.75, 3.05) is 32.1 Å². The van der Waals surface area contributed by atoms with Gasteiger partial charge in [0.25, 0.3) is 0 Å². The molecule has 0 saturated heterocycles. The van der Waals surface area contributed by atoms with Crippen molar-refractivity contribution in [3.8, 4) is 10.6 Å². The van der Waals surface area contributed by atoms with Crippen molar-refractivity contribution in [2.45, 2.75) is 6.42 Å². The Bertz CT molecular complexity index is 452. The van der Waals surface area contributed by atoms with E-state index in [1.165, 1.54) is 0 Å². The first-order valence-corrected chi connectivity index (χ1v) is 6.92. The van der Waals surface area contributed by atoms with Crippen LogP contribution in [-0.2, 0) is 0 Å². The SMILES string of the molecule is CNCCCN(C)c1ccc(-c2cccs2)nn1. The van der Waals surface area contributed by atoms with Gasteiger partial charge in [-0.05, 0) is 43.6 Å². The maximum Gasteiger partial charge on any atom is 0.151 e. The minimum Gasteiger partial charge on any atom is -0.358 e. The zero-order valence-electron chi connectivity index (χ0n) is 10.8. The molecule has 0 bridgehead atoms. The molecule has 0 aliphatic carbocycles. The standard InChI is InChI=1S/C13H18N4S/c1-14-8-4-9-17(2)13-7-6-11(15-16-13)12-5-3-10-18-12/h3,5-7,10,14H,4,8-9H2,1-2H3. The second kappa shape index (κ2) is 6.47. The van der Waals surface area contributed by atoms with Crippen LogP contribution >= 0.6 is 11.3 Å². The summed E-state index contributed by atoms with van der Waals surface area (Å²) in [5.41, 5.74) is 0.942. The lowest BCUT2D eigenvalue weighted by Gasteiger charge is -2.17. The molecule has 0 amide bonds. The molecule has 1 N–H and O–H groups in total. The van der Waals surface area contributed by atoms with Gasteiger partial charge in [0.1, 0.15) is 5.69 Å². The number of rotatable bonds is 6. The Morgan fingerprint density at radius 2 is 2.17 bits per heavy atom. The van der Waals surface area contributed by atoms with Crippen LogP contribution in [0.25, 0.3) is 10.6 Å². The fourth-order valence-corrected chi connectivity index (χ4v) is 2.38. The third-order valence-electron chi connectivity index (χ3n) is 2.74. The number of anilines is 1. The Morgan fingerprint density at radius 1 is 1.28 bits per heavy atom. The van der Waals surface area contributed by atoms with Gasteiger partial charge in [-0.3, -0.25) is 0 Å². The van der Waals surface area contributed by atoms with Crippen molar-refractivity contribution >= 4 is 17.2 Å². The van der Waals surface area contributed by atoms with Crippen molar-refractivity contribution in [1.82, 2.24) is 15.5 Å². The molecule has 4 nitrogen and oxygen atoms in total. The third-order valence-corrected chi connectivity index (χ3v) is 3.63. The van der Waals surface area contributed by atoms with E-state index in [1.54, 1.807) is 11.3 Å². The van der Waals surface area contributed by atoms with E-state index >= 15 is 0 Å². The fraction of sp³-hybridized carbons (Fsp3) is 0.385. The fourth-order valence-electron chi connectivity index (χ4n) is 1.69. The second-order valence-electron chi connectivity index (χ2n) is 4.13. The van der Waals surface area contributed by atoms with E-state index in [0.29, 0.717) is 0 Å². The molecule has 96 valence electrons. The van der Waals surface area contributed by atoms with Crippen molar-refractivity contribution in [1.29, 1.82) is 0 Å². The predicted molar refractivity (Wildman–Crippen MR) is 77.2 cm³/mol. The zero-order valence-corrected chi connectivity index (χ0v) is 11.6. The highest BCUT2D eigenvalue weighted by Gasteiger charge is 2.05. The van der Waals surface area contributed by atoms with Gasteiger partial charge >= 0.3 is 0 Å². The van der Waals surface area contributed by atoms with Crippen molar-refractivity contribution < 1.29 is 0 Å². The van der Waals surface area contributed by atoms with Crippen LogP contribution < -0.4 is 10.2 Å². The van der Waals surface area contributed by atoms with Gasteiger partial charge in [0.15, 0.2) is 5.82 Å². The summed E-state index contributed by atoms with van der Waals surface area (Å²) in [7, 11) is 4.01. The maximum atomic E-state index is 4.28. The number of aromatic nitrogens is 2. The average molecular weight is 262 g/mol. The van der Waals surface area contributed by atoms with E-state index in [0.717, 1.165) is 35.9 Å². The largest absolute Gasteiger partial charge is 0.358 e. The molecule has 0 aromatic carbocycles. The molecular formula is C13H18N4S. The Hall–Kier alpha value is -1.46. The van der Waals surface area contributed by atoms with Crippen LogP contribution in [0.1, 0.15) is 6.42 Å². The molecule has 2 aromatic rings. The number of hydrogen-bond acceptors (Lipinski definition) is 5. The molecule has 18 heavy (non-hydrogen) atoms. The van der Waals surface area contributed by atoms with Crippen LogP contribution in [0.5, 0.6) is 0 Å². The molecule has 0 aliphatic heterocycles. The highest BCUT2D eigenvalue weighted by atomic mass is 32.1. The summed E-state index contributed by atoms with van der Waals surface area (Å²) in [6.45, 7) is 2.00. The smallest absolute Gasteiger partial charge is 0.151 e. The van der Waals surface area contributed by atoms with Gasteiger partial charge in [0.2, 0.25) is 0 Å². The van der Waals surface area contributed by atoms with Crippen LogP contribution in [0.2, 0.25) is 0 Å². The normalized spacial score (nSPS) is 10.6. The van der Waals surface area contributed by atoms with Crippen molar-refractivity contribution in [2.24, 2.45) is 0 Å². The molecule has 0 saturated carbocycles. The van der Waals surface area contributed by atoms with Gasteiger partial charge < -0.3 is 10.2 Å².